The summed E-state index contributed by atoms with van der Waals surface area (Å²) in [5.41, 5.74) is 5.94. The molecule has 2 N–H and O–H groups in total. The fourth-order valence-corrected chi connectivity index (χ4v) is 1.40. The summed E-state index contributed by atoms with van der Waals surface area (Å²) in [5.74, 6) is 1.20. The van der Waals surface area contributed by atoms with Crippen molar-refractivity contribution >= 4 is 0 Å². The molecule has 0 bridgehead atoms. The van der Waals surface area contributed by atoms with Gasteiger partial charge in [-0.1, -0.05) is 13.8 Å². The van der Waals surface area contributed by atoms with Crippen molar-refractivity contribution in [3.8, 4) is 0 Å². The average Bonchev–Trinajstić information content (AvgIpc) is 2.36. The maximum absolute atomic E-state index is 5.94. The van der Waals surface area contributed by atoms with Crippen LogP contribution in [0, 0.1) is 11.8 Å². The monoisotopic (exact) mass is 143 g/mol. The van der Waals surface area contributed by atoms with Crippen molar-refractivity contribution in [2.75, 3.05) is 13.2 Å². The predicted molar refractivity (Wildman–Crippen MR) is 41.7 cm³/mol. The second kappa shape index (κ2) is 3.35. The maximum atomic E-state index is 5.94. The zero-order valence-corrected chi connectivity index (χ0v) is 6.84. The van der Waals surface area contributed by atoms with E-state index < -0.39 is 0 Å². The van der Waals surface area contributed by atoms with Crippen LogP contribution in [0.15, 0.2) is 0 Å². The Morgan fingerprint density at radius 2 is 2.20 bits per heavy atom. The molecule has 0 unspecified atom stereocenters. The van der Waals surface area contributed by atoms with E-state index in [-0.39, 0.29) is 0 Å². The Hall–Kier alpha value is -0.0800. The zero-order chi connectivity index (χ0) is 7.56. The first-order chi connectivity index (χ1) is 4.72. The minimum Gasteiger partial charge on any atom is -0.381 e. The minimum atomic E-state index is 0.336. The van der Waals surface area contributed by atoms with Crippen LogP contribution in [0.25, 0.3) is 0 Å². The van der Waals surface area contributed by atoms with Gasteiger partial charge in [0.2, 0.25) is 0 Å². The van der Waals surface area contributed by atoms with E-state index in [1.165, 1.54) is 0 Å². The summed E-state index contributed by atoms with van der Waals surface area (Å²) in [6.45, 7) is 6.12. The normalized spacial score (nSPS) is 29.4. The molecule has 0 aromatic heterocycles. The first-order valence-electron chi connectivity index (χ1n) is 4.05. The van der Waals surface area contributed by atoms with E-state index in [9.17, 15) is 0 Å². The molecule has 1 aliphatic heterocycles. The van der Waals surface area contributed by atoms with E-state index >= 15 is 0 Å². The highest BCUT2D eigenvalue weighted by Crippen LogP contribution is 2.19. The topological polar surface area (TPSA) is 35.2 Å². The number of ether oxygens (including phenoxy) is 1. The standard InChI is InChI=1S/C8H17NO/c1-6(2)8(9)7-3-4-10-5-7/h6-8H,3-5,9H2,1-2H3/t7-,8-/m1/s1. The van der Waals surface area contributed by atoms with E-state index in [2.05, 4.69) is 13.8 Å². The van der Waals surface area contributed by atoms with Gasteiger partial charge in [-0.25, -0.2) is 0 Å². The number of rotatable bonds is 2. The van der Waals surface area contributed by atoms with Gasteiger partial charge in [-0.15, -0.1) is 0 Å². The van der Waals surface area contributed by atoms with Crippen LogP contribution in [0.5, 0.6) is 0 Å². The second-order valence-electron chi connectivity index (χ2n) is 3.45. The van der Waals surface area contributed by atoms with Gasteiger partial charge in [0.25, 0.3) is 0 Å². The maximum Gasteiger partial charge on any atom is 0.0510 e. The molecule has 10 heavy (non-hydrogen) atoms. The largest absolute Gasteiger partial charge is 0.381 e. The van der Waals surface area contributed by atoms with E-state index in [1.54, 1.807) is 0 Å². The molecule has 0 aromatic rings. The molecule has 1 heterocycles. The molecule has 2 heteroatoms. The highest BCUT2D eigenvalue weighted by molar-refractivity contribution is 4.78. The molecule has 1 aliphatic rings. The summed E-state index contributed by atoms with van der Waals surface area (Å²) < 4.78 is 5.25. The van der Waals surface area contributed by atoms with Crippen LogP contribution in [-0.2, 0) is 4.74 Å². The van der Waals surface area contributed by atoms with E-state index in [0.29, 0.717) is 17.9 Å². The van der Waals surface area contributed by atoms with Crippen LogP contribution in [0.3, 0.4) is 0 Å². The lowest BCUT2D eigenvalue weighted by Crippen LogP contribution is -2.35. The van der Waals surface area contributed by atoms with E-state index in [0.717, 1.165) is 19.6 Å². The highest BCUT2D eigenvalue weighted by atomic mass is 16.5. The van der Waals surface area contributed by atoms with Crippen molar-refractivity contribution < 1.29 is 4.74 Å². The number of hydrogen-bond acceptors (Lipinski definition) is 2. The van der Waals surface area contributed by atoms with Crippen molar-refractivity contribution in [1.82, 2.24) is 0 Å². The third-order valence-corrected chi connectivity index (χ3v) is 2.28. The first kappa shape index (κ1) is 8.02. The molecule has 1 fully saturated rings. The van der Waals surface area contributed by atoms with Gasteiger partial charge in [0.1, 0.15) is 0 Å². The lowest BCUT2D eigenvalue weighted by Gasteiger charge is -2.20. The SMILES string of the molecule is CC(C)[C@@H](N)[C@@H]1CCOC1. The molecule has 60 valence electrons. The quantitative estimate of drug-likeness (QED) is 0.626. The molecule has 0 spiro atoms. The molecule has 1 saturated heterocycles. The van der Waals surface area contributed by atoms with Gasteiger partial charge in [-0.3, -0.25) is 0 Å². The highest BCUT2D eigenvalue weighted by Gasteiger charge is 2.24. The van der Waals surface area contributed by atoms with Crippen LogP contribution in [0.2, 0.25) is 0 Å². The molecular formula is C8H17NO. The summed E-state index contributed by atoms with van der Waals surface area (Å²) in [6, 6.07) is 0.336. The Bertz CT molecular complexity index is 97.4. The van der Waals surface area contributed by atoms with E-state index in [1.807, 2.05) is 0 Å². The molecule has 2 nitrogen and oxygen atoms in total. The average molecular weight is 143 g/mol. The van der Waals surface area contributed by atoms with Crippen molar-refractivity contribution in [3.63, 3.8) is 0 Å². The van der Waals surface area contributed by atoms with Crippen molar-refractivity contribution in [1.29, 1.82) is 0 Å². The number of nitrogens with two attached hydrogens (primary N) is 1. The fraction of sp³-hybridized carbons (Fsp3) is 1.00. The molecule has 0 amide bonds. The van der Waals surface area contributed by atoms with Crippen LogP contribution in [0.1, 0.15) is 20.3 Å². The summed E-state index contributed by atoms with van der Waals surface area (Å²) in [4.78, 5) is 0. The molecule has 0 aromatic carbocycles. The fourth-order valence-electron chi connectivity index (χ4n) is 1.40. The molecule has 0 aliphatic carbocycles. The molecule has 2 atom stereocenters. The second-order valence-corrected chi connectivity index (χ2v) is 3.45. The van der Waals surface area contributed by atoms with Crippen molar-refractivity contribution in [3.05, 3.63) is 0 Å². The van der Waals surface area contributed by atoms with Gasteiger partial charge in [0, 0.05) is 12.6 Å². The third kappa shape index (κ3) is 1.70. The zero-order valence-electron chi connectivity index (χ0n) is 6.84. The summed E-state index contributed by atoms with van der Waals surface area (Å²) in [7, 11) is 0. The van der Waals surface area contributed by atoms with Crippen molar-refractivity contribution in [2.45, 2.75) is 26.3 Å². The van der Waals surface area contributed by atoms with Crippen LogP contribution in [0.4, 0.5) is 0 Å². The Morgan fingerprint density at radius 1 is 1.50 bits per heavy atom. The molecule has 1 rings (SSSR count). The molecular weight excluding hydrogens is 126 g/mol. The van der Waals surface area contributed by atoms with Gasteiger partial charge in [-0.2, -0.15) is 0 Å². The van der Waals surface area contributed by atoms with Gasteiger partial charge >= 0.3 is 0 Å². The van der Waals surface area contributed by atoms with E-state index in [4.69, 9.17) is 10.5 Å². The van der Waals surface area contributed by atoms with Gasteiger partial charge < -0.3 is 10.5 Å². The van der Waals surface area contributed by atoms with Crippen LogP contribution in [-0.4, -0.2) is 19.3 Å². The third-order valence-electron chi connectivity index (χ3n) is 2.28. The molecule has 0 radical (unpaired) electrons. The summed E-state index contributed by atoms with van der Waals surface area (Å²) >= 11 is 0. The Balaban J connectivity index is 2.32. The number of hydrogen-bond donors (Lipinski definition) is 1. The predicted octanol–water partition coefficient (Wildman–Crippen LogP) is 1.01. The first-order valence-corrected chi connectivity index (χ1v) is 4.05. The Morgan fingerprint density at radius 3 is 2.60 bits per heavy atom. The van der Waals surface area contributed by atoms with Crippen LogP contribution < -0.4 is 5.73 Å². The van der Waals surface area contributed by atoms with Gasteiger partial charge in [0.15, 0.2) is 0 Å². The van der Waals surface area contributed by atoms with Gasteiger partial charge in [-0.05, 0) is 18.3 Å². The molecule has 0 saturated carbocycles. The minimum absolute atomic E-state index is 0.336. The smallest absolute Gasteiger partial charge is 0.0510 e. The lowest BCUT2D eigenvalue weighted by molar-refractivity contribution is 0.175. The lowest BCUT2D eigenvalue weighted by atomic mass is 9.91. The van der Waals surface area contributed by atoms with Crippen LogP contribution >= 0.6 is 0 Å². The van der Waals surface area contributed by atoms with Crippen molar-refractivity contribution in [2.24, 2.45) is 17.6 Å². The van der Waals surface area contributed by atoms with Gasteiger partial charge in [0.05, 0.1) is 6.61 Å². The summed E-state index contributed by atoms with van der Waals surface area (Å²) in [5, 5.41) is 0. The Labute approximate surface area is 62.7 Å². The summed E-state index contributed by atoms with van der Waals surface area (Å²) in [6.07, 6.45) is 1.15. The Kier molecular flexibility index (Phi) is 2.69.